The number of methoxy groups -OCH3 is 1. The van der Waals surface area contributed by atoms with E-state index in [9.17, 15) is 15.0 Å². The molecule has 162 valence electrons. The van der Waals surface area contributed by atoms with Crippen LogP contribution in [0.25, 0.3) is 0 Å². The quantitative estimate of drug-likeness (QED) is 0.519. The summed E-state index contributed by atoms with van der Waals surface area (Å²) < 4.78 is 17.4. The van der Waals surface area contributed by atoms with Crippen molar-refractivity contribution < 1.29 is 29.2 Å². The molecule has 4 atom stereocenters. The van der Waals surface area contributed by atoms with Crippen LogP contribution in [0, 0.1) is 0 Å². The number of benzene rings is 1. The Labute approximate surface area is 173 Å². The van der Waals surface area contributed by atoms with Crippen LogP contribution in [-0.2, 0) is 20.9 Å². The van der Waals surface area contributed by atoms with Crippen LogP contribution in [0.1, 0.15) is 51.0 Å². The third-order valence-electron chi connectivity index (χ3n) is 5.10. The van der Waals surface area contributed by atoms with Crippen molar-refractivity contribution >= 4 is 5.78 Å². The van der Waals surface area contributed by atoms with E-state index in [4.69, 9.17) is 14.2 Å². The highest BCUT2D eigenvalue weighted by atomic mass is 16.5. The third-order valence-corrected chi connectivity index (χ3v) is 5.10. The predicted octanol–water partition coefficient (Wildman–Crippen LogP) is 3.19. The minimum atomic E-state index is -0.691. The van der Waals surface area contributed by atoms with Crippen molar-refractivity contribution in [3.05, 3.63) is 42.0 Å². The van der Waals surface area contributed by atoms with Crippen molar-refractivity contribution in [2.45, 2.75) is 76.5 Å². The Balaban J connectivity index is 1.88. The molecule has 0 radical (unpaired) electrons. The molecule has 6 heteroatoms. The van der Waals surface area contributed by atoms with E-state index in [1.807, 2.05) is 24.3 Å². The van der Waals surface area contributed by atoms with Crippen LogP contribution in [0.2, 0.25) is 0 Å². The van der Waals surface area contributed by atoms with Gasteiger partial charge < -0.3 is 24.4 Å². The first-order valence-corrected chi connectivity index (χ1v) is 10.2. The van der Waals surface area contributed by atoms with Crippen LogP contribution >= 0.6 is 0 Å². The van der Waals surface area contributed by atoms with Crippen LogP contribution in [0.3, 0.4) is 0 Å². The number of ether oxygens (including phenoxy) is 3. The zero-order valence-corrected chi connectivity index (χ0v) is 17.5. The number of hydrogen-bond donors (Lipinski definition) is 2. The Morgan fingerprint density at radius 3 is 2.48 bits per heavy atom. The Hall–Kier alpha value is -1.73. The van der Waals surface area contributed by atoms with Gasteiger partial charge in [0.15, 0.2) is 0 Å². The molecular formula is C23H34O6. The number of aliphatic hydroxyl groups excluding tert-OH is 2. The zero-order chi connectivity index (χ0) is 21.2. The average Bonchev–Trinajstić information content (AvgIpc) is 2.65. The highest BCUT2D eigenvalue weighted by Crippen LogP contribution is 2.29. The Bertz CT molecular complexity index is 641. The molecule has 0 unspecified atom stereocenters. The maximum atomic E-state index is 11.2. The lowest BCUT2D eigenvalue weighted by atomic mass is 9.92. The van der Waals surface area contributed by atoms with Crippen molar-refractivity contribution in [3.63, 3.8) is 0 Å². The summed E-state index contributed by atoms with van der Waals surface area (Å²) in [6.07, 6.45) is 2.14. The largest absolute Gasteiger partial charge is 0.497 e. The molecule has 1 aliphatic rings. The molecule has 1 aliphatic heterocycles. The summed E-state index contributed by atoms with van der Waals surface area (Å²) in [7, 11) is 1.63. The van der Waals surface area contributed by atoms with Gasteiger partial charge in [0.2, 0.25) is 0 Å². The number of Topliss-reactive ketones (excluding diaryl/α,β-unsaturated/α-hetero) is 1. The first kappa shape index (κ1) is 23.5. The van der Waals surface area contributed by atoms with Crippen LogP contribution < -0.4 is 4.74 Å². The lowest BCUT2D eigenvalue weighted by Gasteiger charge is -2.34. The second kappa shape index (κ2) is 12.1. The van der Waals surface area contributed by atoms with Gasteiger partial charge in [-0.15, -0.1) is 0 Å². The van der Waals surface area contributed by atoms with Gasteiger partial charge >= 0.3 is 0 Å². The molecule has 1 fully saturated rings. The molecule has 6 nitrogen and oxygen atoms in total. The summed E-state index contributed by atoms with van der Waals surface area (Å²) in [5.41, 5.74) is 2.12. The third kappa shape index (κ3) is 8.66. The van der Waals surface area contributed by atoms with E-state index in [0.29, 0.717) is 32.3 Å². The minimum absolute atomic E-state index is 0.0290. The Kier molecular flexibility index (Phi) is 9.81. The Morgan fingerprint density at radius 1 is 1.24 bits per heavy atom. The van der Waals surface area contributed by atoms with Crippen molar-refractivity contribution in [3.8, 4) is 5.75 Å². The van der Waals surface area contributed by atoms with Gasteiger partial charge in [0, 0.05) is 25.9 Å². The van der Waals surface area contributed by atoms with Gasteiger partial charge in [0.05, 0.1) is 38.1 Å². The summed E-state index contributed by atoms with van der Waals surface area (Å²) in [6, 6.07) is 7.70. The van der Waals surface area contributed by atoms with Gasteiger partial charge in [-0.05, 0) is 43.9 Å². The molecule has 0 bridgehead atoms. The highest BCUT2D eigenvalue weighted by Gasteiger charge is 2.29. The lowest BCUT2D eigenvalue weighted by molar-refractivity contribution is -0.120. The van der Waals surface area contributed by atoms with Crippen LogP contribution in [-0.4, -0.2) is 54.1 Å². The fourth-order valence-electron chi connectivity index (χ4n) is 3.73. The summed E-state index contributed by atoms with van der Waals surface area (Å²) in [5.74, 6) is 0.770. The Morgan fingerprint density at radius 2 is 1.90 bits per heavy atom. The van der Waals surface area contributed by atoms with Crippen molar-refractivity contribution in [1.82, 2.24) is 0 Å². The molecule has 2 rings (SSSR count). The predicted molar refractivity (Wildman–Crippen MR) is 111 cm³/mol. The van der Waals surface area contributed by atoms with E-state index in [2.05, 4.69) is 6.58 Å². The molecule has 1 aromatic rings. The van der Waals surface area contributed by atoms with E-state index in [1.165, 1.54) is 6.92 Å². The molecular weight excluding hydrogens is 372 g/mol. The van der Waals surface area contributed by atoms with Crippen molar-refractivity contribution in [1.29, 1.82) is 0 Å². The molecule has 29 heavy (non-hydrogen) atoms. The maximum Gasteiger partial charge on any atom is 0.132 e. The van der Waals surface area contributed by atoms with E-state index >= 15 is 0 Å². The van der Waals surface area contributed by atoms with E-state index in [-0.39, 0.29) is 37.1 Å². The van der Waals surface area contributed by atoms with Crippen LogP contribution in [0.15, 0.2) is 36.4 Å². The second-order valence-electron chi connectivity index (χ2n) is 7.86. The molecule has 1 saturated heterocycles. The minimum Gasteiger partial charge on any atom is -0.497 e. The lowest BCUT2D eigenvalue weighted by Crippen LogP contribution is -2.34. The smallest absolute Gasteiger partial charge is 0.132 e. The fourth-order valence-corrected chi connectivity index (χ4v) is 3.73. The number of carbonyl (C=O) groups is 1. The standard InChI is InChI=1S/C23H34O6/c1-16-10-22(13-19(26)12-17(2)25)29-23(11-16)14-21(8-9-24)28-15-18-4-6-20(27-3)7-5-18/h4-7,19,21-24,26H,1,8-15H2,2-3H3/t19-,21-,22+,23-/m0/s1. The second-order valence-corrected chi connectivity index (χ2v) is 7.86. The van der Waals surface area contributed by atoms with Crippen molar-refractivity contribution in [2.24, 2.45) is 0 Å². The molecule has 1 aromatic carbocycles. The summed E-state index contributed by atoms with van der Waals surface area (Å²) >= 11 is 0. The van der Waals surface area contributed by atoms with Gasteiger partial charge in [-0.25, -0.2) is 0 Å². The van der Waals surface area contributed by atoms with Gasteiger partial charge in [0.1, 0.15) is 11.5 Å². The number of aliphatic hydroxyl groups is 2. The molecule has 0 saturated carbocycles. The normalized spacial score (nSPS) is 21.6. The summed E-state index contributed by atoms with van der Waals surface area (Å²) in [5, 5.41) is 19.5. The first-order chi connectivity index (χ1) is 13.9. The fraction of sp³-hybridized carbons (Fsp3) is 0.609. The zero-order valence-electron chi connectivity index (χ0n) is 17.5. The number of hydrogen-bond acceptors (Lipinski definition) is 6. The maximum absolute atomic E-state index is 11.2. The molecule has 2 N–H and O–H groups in total. The molecule has 0 aliphatic carbocycles. The topological polar surface area (TPSA) is 85.2 Å². The van der Waals surface area contributed by atoms with Crippen LogP contribution in [0.5, 0.6) is 5.75 Å². The van der Waals surface area contributed by atoms with E-state index in [0.717, 1.165) is 23.3 Å². The van der Waals surface area contributed by atoms with Gasteiger partial charge in [0.25, 0.3) is 0 Å². The average molecular weight is 407 g/mol. The molecule has 0 aromatic heterocycles. The highest BCUT2D eigenvalue weighted by molar-refractivity contribution is 5.75. The van der Waals surface area contributed by atoms with E-state index < -0.39 is 6.10 Å². The van der Waals surface area contributed by atoms with E-state index in [1.54, 1.807) is 7.11 Å². The summed E-state index contributed by atoms with van der Waals surface area (Å²) in [4.78, 5) is 11.2. The number of ketones is 1. The van der Waals surface area contributed by atoms with Gasteiger partial charge in [-0.3, -0.25) is 4.79 Å². The van der Waals surface area contributed by atoms with Crippen molar-refractivity contribution in [2.75, 3.05) is 13.7 Å². The molecule has 0 amide bonds. The molecule has 1 heterocycles. The number of carbonyl (C=O) groups excluding carboxylic acids is 1. The monoisotopic (exact) mass is 406 g/mol. The number of rotatable bonds is 12. The van der Waals surface area contributed by atoms with Crippen LogP contribution in [0.4, 0.5) is 0 Å². The molecule has 0 spiro atoms. The SMILES string of the molecule is C=C1C[C@H](C[C@@H](O)CC(C)=O)O[C@H](C[C@H](CCO)OCc2ccc(OC)cc2)C1. The first-order valence-electron chi connectivity index (χ1n) is 10.2. The van der Waals surface area contributed by atoms with Gasteiger partial charge in [-0.1, -0.05) is 24.3 Å². The summed E-state index contributed by atoms with van der Waals surface area (Å²) in [6.45, 7) is 6.08. The van der Waals surface area contributed by atoms with Gasteiger partial charge in [-0.2, -0.15) is 0 Å².